The van der Waals surface area contributed by atoms with Crippen LogP contribution in [0.5, 0.6) is 0 Å². The van der Waals surface area contributed by atoms with Crippen LogP contribution in [0.1, 0.15) is 45.3 Å². The van der Waals surface area contributed by atoms with Gasteiger partial charge in [0.2, 0.25) is 5.91 Å². The molecule has 0 spiro atoms. The Kier molecular flexibility index (Phi) is 7.17. The summed E-state index contributed by atoms with van der Waals surface area (Å²) in [6, 6.07) is -0.125. The van der Waals surface area contributed by atoms with Crippen molar-refractivity contribution in [2.45, 2.75) is 52.3 Å². The molecule has 0 radical (unpaired) electrons. The van der Waals surface area contributed by atoms with Gasteiger partial charge in [0.25, 0.3) is 0 Å². The molecule has 7 nitrogen and oxygen atoms in total. The van der Waals surface area contributed by atoms with Crippen LogP contribution in [0.4, 0.5) is 0 Å². The highest BCUT2D eigenvalue weighted by molar-refractivity contribution is 5.75. The number of hydrogen-bond donors (Lipinski definition) is 2. The van der Waals surface area contributed by atoms with Gasteiger partial charge in [-0.15, -0.1) is 5.10 Å². The van der Waals surface area contributed by atoms with Crippen LogP contribution in [0, 0.1) is 0 Å². The summed E-state index contributed by atoms with van der Waals surface area (Å²) >= 11 is 0. The van der Waals surface area contributed by atoms with E-state index < -0.39 is 0 Å². The molecular weight excluding hydrogens is 258 g/mol. The minimum Gasteiger partial charge on any atom is -0.379 e. The Balaban J connectivity index is 2.23. The van der Waals surface area contributed by atoms with Gasteiger partial charge in [0.1, 0.15) is 6.54 Å². The van der Waals surface area contributed by atoms with Crippen molar-refractivity contribution in [1.82, 2.24) is 20.3 Å². The van der Waals surface area contributed by atoms with Crippen molar-refractivity contribution in [3.05, 3.63) is 11.9 Å². The lowest BCUT2D eigenvalue weighted by Gasteiger charge is -2.08. The number of rotatable bonds is 9. The number of nitrogens with one attached hydrogen (secondary N) is 1. The second-order valence-corrected chi connectivity index (χ2v) is 4.98. The second kappa shape index (κ2) is 8.65. The Morgan fingerprint density at radius 2 is 2.30 bits per heavy atom. The Hall–Kier alpha value is -1.47. The van der Waals surface area contributed by atoms with E-state index in [0.717, 1.165) is 12.8 Å². The van der Waals surface area contributed by atoms with Crippen LogP contribution < -0.4 is 11.1 Å². The molecule has 7 heteroatoms. The first-order chi connectivity index (χ1) is 9.52. The monoisotopic (exact) mass is 283 g/mol. The number of amides is 1. The maximum Gasteiger partial charge on any atom is 0.241 e. The van der Waals surface area contributed by atoms with Gasteiger partial charge in [0.05, 0.1) is 24.0 Å². The lowest BCUT2D eigenvalue weighted by Crippen LogP contribution is -2.29. The Labute approximate surface area is 119 Å². The van der Waals surface area contributed by atoms with Crippen LogP contribution in [-0.2, 0) is 16.1 Å². The second-order valence-electron chi connectivity index (χ2n) is 4.98. The molecule has 1 amide bonds. The predicted molar refractivity (Wildman–Crippen MR) is 76.0 cm³/mol. The fourth-order valence-electron chi connectivity index (χ4n) is 1.59. The molecular formula is C13H25N5O2. The predicted octanol–water partition coefficient (Wildman–Crippen LogP) is 0.619. The number of aromatic nitrogens is 3. The Morgan fingerprint density at radius 1 is 1.55 bits per heavy atom. The quantitative estimate of drug-likeness (QED) is 0.648. The van der Waals surface area contributed by atoms with E-state index in [-0.39, 0.29) is 24.6 Å². The molecule has 0 saturated heterocycles. The van der Waals surface area contributed by atoms with Crippen molar-refractivity contribution in [3.63, 3.8) is 0 Å². The maximum atomic E-state index is 11.7. The van der Waals surface area contributed by atoms with E-state index in [2.05, 4.69) is 15.6 Å². The lowest BCUT2D eigenvalue weighted by atomic mass is 10.2. The molecule has 0 aliphatic carbocycles. The average molecular weight is 283 g/mol. The number of nitrogens with zero attached hydrogens (tertiary/aromatic N) is 3. The van der Waals surface area contributed by atoms with E-state index in [1.54, 1.807) is 6.20 Å². The molecule has 1 heterocycles. The number of nitrogens with two attached hydrogens (primary N) is 1. The first kappa shape index (κ1) is 16.6. The number of carbonyl (C=O) groups is 1. The molecule has 0 bridgehead atoms. The van der Waals surface area contributed by atoms with Gasteiger partial charge in [-0.05, 0) is 26.7 Å². The van der Waals surface area contributed by atoms with Crippen LogP contribution in [0.2, 0.25) is 0 Å². The summed E-state index contributed by atoms with van der Waals surface area (Å²) in [4.78, 5) is 11.7. The van der Waals surface area contributed by atoms with Crippen LogP contribution in [0.15, 0.2) is 6.20 Å². The molecule has 0 aliphatic heterocycles. The number of ether oxygens (including phenoxy) is 1. The van der Waals surface area contributed by atoms with Gasteiger partial charge in [0, 0.05) is 13.2 Å². The molecule has 3 N–H and O–H groups in total. The van der Waals surface area contributed by atoms with Gasteiger partial charge in [-0.1, -0.05) is 12.1 Å². The van der Waals surface area contributed by atoms with Crippen molar-refractivity contribution >= 4 is 5.91 Å². The third kappa shape index (κ3) is 6.12. The molecule has 0 aliphatic rings. The standard InChI is InChI=1S/C13H25N5O2/c1-4-11(14)12-8-18(17-16-12)9-13(19)15-6-5-7-20-10(2)3/h8,10-11H,4-7,9,14H2,1-3H3,(H,15,19). The van der Waals surface area contributed by atoms with Crippen LogP contribution in [0.3, 0.4) is 0 Å². The van der Waals surface area contributed by atoms with Gasteiger partial charge in [-0.3, -0.25) is 4.79 Å². The maximum absolute atomic E-state index is 11.7. The lowest BCUT2D eigenvalue weighted by molar-refractivity contribution is -0.121. The van der Waals surface area contributed by atoms with E-state index in [1.165, 1.54) is 4.68 Å². The molecule has 114 valence electrons. The fraction of sp³-hybridized carbons (Fsp3) is 0.769. The number of carbonyl (C=O) groups excluding carboxylic acids is 1. The largest absolute Gasteiger partial charge is 0.379 e. The summed E-state index contributed by atoms with van der Waals surface area (Å²) in [5, 5.41) is 10.7. The van der Waals surface area contributed by atoms with Crippen molar-refractivity contribution in [3.8, 4) is 0 Å². The Bertz CT molecular complexity index is 405. The molecule has 20 heavy (non-hydrogen) atoms. The first-order valence-electron chi connectivity index (χ1n) is 7.06. The zero-order chi connectivity index (χ0) is 15.0. The third-order valence-electron chi connectivity index (χ3n) is 2.78. The zero-order valence-electron chi connectivity index (χ0n) is 12.5. The summed E-state index contributed by atoms with van der Waals surface area (Å²) in [5.74, 6) is -0.0870. The van der Waals surface area contributed by atoms with Crippen LogP contribution in [-0.4, -0.2) is 40.2 Å². The van der Waals surface area contributed by atoms with Gasteiger partial charge in [0.15, 0.2) is 0 Å². The van der Waals surface area contributed by atoms with Crippen molar-refractivity contribution in [1.29, 1.82) is 0 Å². The van der Waals surface area contributed by atoms with Crippen LogP contribution in [0.25, 0.3) is 0 Å². The third-order valence-corrected chi connectivity index (χ3v) is 2.78. The van der Waals surface area contributed by atoms with Gasteiger partial charge < -0.3 is 15.8 Å². The van der Waals surface area contributed by atoms with Gasteiger partial charge in [-0.25, -0.2) is 4.68 Å². The average Bonchev–Trinajstić information content (AvgIpc) is 2.85. The summed E-state index contributed by atoms with van der Waals surface area (Å²) < 4.78 is 6.90. The van der Waals surface area contributed by atoms with Gasteiger partial charge in [-0.2, -0.15) is 0 Å². The fourth-order valence-corrected chi connectivity index (χ4v) is 1.59. The zero-order valence-corrected chi connectivity index (χ0v) is 12.5. The molecule has 1 unspecified atom stereocenters. The molecule has 1 aromatic heterocycles. The summed E-state index contributed by atoms with van der Waals surface area (Å²) in [6.07, 6.45) is 3.53. The molecule has 1 aromatic rings. The molecule has 1 atom stereocenters. The minimum atomic E-state index is -0.125. The topological polar surface area (TPSA) is 95.1 Å². The first-order valence-corrected chi connectivity index (χ1v) is 7.06. The highest BCUT2D eigenvalue weighted by atomic mass is 16.5. The van der Waals surface area contributed by atoms with Crippen molar-refractivity contribution in [2.75, 3.05) is 13.2 Å². The highest BCUT2D eigenvalue weighted by Gasteiger charge is 2.10. The van der Waals surface area contributed by atoms with Crippen molar-refractivity contribution in [2.24, 2.45) is 5.73 Å². The van der Waals surface area contributed by atoms with Crippen LogP contribution >= 0.6 is 0 Å². The summed E-state index contributed by atoms with van der Waals surface area (Å²) in [6.45, 7) is 7.37. The van der Waals surface area contributed by atoms with E-state index in [9.17, 15) is 4.79 Å². The smallest absolute Gasteiger partial charge is 0.241 e. The summed E-state index contributed by atoms with van der Waals surface area (Å²) in [5.41, 5.74) is 6.56. The molecule has 0 saturated carbocycles. The summed E-state index contributed by atoms with van der Waals surface area (Å²) in [7, 11) is 0. The minimum absolute atomic E-state index is 0.0870. The van der Waals surface area contributed by atoms with E-state index in [4.69, 9.17) is 10.5 Å². The number of hydrogen-bond acceptors (Lipinski definition) is 5. The SMILES string of the molecule is CCC(N)c1cn(CC(=O)NCCCOC(C)C)nn1. The van der Waals surface area contributed by atoms with Gasteiger partial charge >= 0.3 is 0 Å². The van der Waals surface area contributed by atoms with Crippen molar-refractivity contribution < 1.29 is 9.53 Å². The Morgan fingerprint density at radius 3 is 2.95 bits per heavy atom. The molecule has 0 fully saturated rings. The highest BCUT2D eigenvalue weighted by Crippen LogP contribution is 2.08. The normalized spacial score (nSPS) is 12.7. The van der Waals surface area contributed by atoms with E-state index in [0.29, 0.717) is 18.8 Å². The van der Waals surface area contributed by atoms with E-state index >= 15 is 0 Å². The van der Waals surface area contributed by atoms with E-state index in [1.807, 2.05) is 20.8 Å². The molecule has 0 aromatic carbocycles. The molecule has 1 rings (SSSR count).